The molecule has 1 aromatic heterocycles. The highest BCUT2D eigenvalue weighted by molar-refractivity contribution is 6.07. The van der Waals surface area contributed by atoms with E-state index in [0.29, 0.717) is 17.9 Å². The van der Waals surface area contributed by atoms with Gasteiger partial charge in [-0.05, 0) is 43.5 Å². The Labute approximate surface area is 139 Å². The van der Waals surface area contributed by atoms with Crippen molar-refractivity contribution < 1.29 is 14.7 Å². The van der Waals surface area contributed by atoms with Gasteiger partial charge in [0.2, 0.25) is 0 Å². The fourth-order valence-corrected chi connectivity index (χ4v) is 3.89. The molecule has 1 saturated carbocycles. The number of amides is 1. The Balaban J connectivity index is 1.71. The van der Waals surface area contributed by atoms with Gasteiger partial charge < -0.3 is 10.0 Å². The van der Waals surface area contributed by atoms with E-state index in [4.69, 9.17) is 5.11 Å². The molecule has 5 heteroatoms. The minimum atomic E-state index is -1.03. The topological polar surface area (TPSA) is 70.5 Å². The van der Waals surface area contributed by atoms with Crippen LogP contribution in [-0.2, 0) is 5.41 Å². The van der Waals surface area contributed by atoms with Crippen molar-refractivity contribution in [2.45, 2.75) is 31.6 Å². The Bertz CT molecular complexity index is 855. The van der Waals surface area contributed by atoms with Crippen LogP contribution in [0.2, 0.25) is 0 Å². The second-order valence-corrected chi connectivity index (χ2v) is 6.68. The molecule has 4 rings (SSSR count). The molecule has 1 aromatic carbocycles. The van der Waals surface area contributed by atoms with Crippen LogP contribution in [0.3, 0.4) is 0 Å². The van der Waals surface area contributed by atoms with Gasteiger partial charge in [-0.3, -0.25) is 4.79 Å². The number of fused-ring (bicyclic) bond motifs is 2. The van der Waals surface area contributed by atoms with Gasteiger partial charge in [-0.25, -0.2) is 9.78 Å². The number of carboxylic acids is 1. The van der Waals surface area contributed by atoms with Crippen LogP contribution in [0, 0.1) is 6.92 Å². The standard InChI is InChI=1S/C19H18N2O3/c1-12-13(18(23)24)7-8-15(20-12)17(22)21-11-19(9-4-10-19)14-5-2-3-6-16(14)21/h2-3,5-8H,4,9-11H2,1H3,(H,23,24). The van der Waals surface area contributed by atoms with Crippen molar-refractivity contribution in [3.8, 4) is 0 Å². The van der Waals surface area contributed by atoms with Gasteiger partial charge in [0.25, 0.3) is 5.91 Å². The van der Waals surface area contributed by atoms with Crippen LogP contribution in [-0.4, -0.2) is 28.5 Å². The summed E-state index contributed by atoms with van der Waals surface area (Å²) in [6.07, 6.45) is 3.41. The highest BCUT2D eigenvalue weighted by atomic mass is 16.4. The third-order valence-electron chi connectivity index (χ3n) is 5.32. The summed E-state index contributed by atoms with van der Waals surface area (Å²) in [6.45, 7) is 2.30. The normalized spacial score (nSPS) is 17.5. The monoisotopic (exact) mass is 322 g/mol. The van der Waals surface area contributed by atoms with E-state index in [1.54, 1.807) is 11.8 Å². The molecule has 5 nitrogen and oxygen atoms in total. The summed E-state index contributed by atoms with van der Waals surface area (Å²) in [7, 11) is 0. The number of anilines is 1. The number of hydrogen-bond donors (Lipinski definition) is 1. The molecule has 1 N–H and O–H groups in total. The van der Waals surface area contributed by atoms with E-state index in [2.05, 4.69) is 11.1 Å². The van der Waals surface area contributed by atoms with Crippen molar-refractivity contribution in [3.05, 3.63) is 58.9 Å². The number of nitrogens with zero attached hydrogens (tertiary/aromatic N) is 2. The lowest BCUT2D eigenvalue weighted by Gasteiger charge is -2.38. The van der Waals surface area contributed by atoms with Gasteiger partial charge >= 0.3 is 5.97 Å². The summed E-state index contributed by atoms with van der Waals surface area (Å²) in [5.74, 6) is -1.19. The molecule has 1 fully saturated rings. The van der Waals surface area contributed by atoms with E-state index in [1.807, 2.05) is 18.2 Å². The Morgan fingerprint density at radius 3 is 2.54 bits per heavy atom. The summed E-state index contributed by atoms with van der Waals surface area (Å²) in [6, 6.07) is 11.0. The Kier molecular flexibility index (Phi) is 3.20. The molecule has 0 radical (unpaired) electrons. The molecule has 122 valence electrons. The molecule has 1 aliphatic heterocycles. The van der Waals surface area contributed by atoms with Crippen LogP contribution in [0.1, 0.15) is 51.4 Å². The summed E-state index contributed by atoms with van der Waals surface area (Å²) in [5.41, 5.74) is 3.10. The van der Waals surface area contributed by atoms with E-state index in [0.717, 1.165) is 18.5 Å². The van der Waals surface area contributed by atoms with Crippen LogP contribution in [0.5, 0.6) is 0 Å². The lowest BCUT2D eigenvalue weighted by Crippen LogP contribution is -2.41. The summed E-state index contributed by atoms with van der Waals surface area (Å²) < 4.78 is 0. The molecule has 0 bridgehead atoms. The number of carbonyl (C=O) groups is 2. The predicted molar refractivity (Wildman–Crippen MR) is 89.6 cm³/mol. The maximum absolute atomic E-state index is 13.0. The van der Waals surface area contributed by atoms with Crippen molar-refractivity contribution >= 4 is 17.6 Å². The average molecular weight is 322 g/mol. The van der Waals surface area contributed by atoms with Crippen molar-refractivity contribution in [1.29, 1.82) is 0 Å². The third kappa shape index (κ3) is 2.04. The first-order chi connectivity index (χ1) is 11.5. The number of pyridine rings is 1. The highest BCUT2D eigenvalue weighted by Gasteiger charge is 2.48. The summed E-state index contributed by atoms with van der Waals surface area (Å²) >= 11 is 0. The second-order valence-electron chi connectivity index (χ2n) is 6.68. The maximum Gasteiger partial charge on any atom is 0.337 e. The van der Waals surface area contributed by atoms with E-state index in [-0.39, 0.29) is 16.9 Å². The van der Waals surface area contributed by atoms with Crippen LogP contribution in [0.25, 0.3) is 0 Å². The first-order valence-corrected chi connectivity index (χ1v) is 8.14. The quantitative estimate of drug-likeness (QED) is 0.922. The van der Waals surface area contributed by atoms with Gasteiger partial charge in [0.15, 0.2) is 0 Å². The largest absolute Gasteiger partial charge is 0.478 e. The van der Waals surface area contributed by atoms with Crippen molar-refractivity contribution in [2.24, 2.45) is 0 Å². The molecule has 2 heterocycles. The van der Waals surface area contributed by atoms with Crippen LogP contribution >= 0.6 is 0 Å². The predicted octanol–water partition coefficient (Wildman–Crippen LogP) is 3.17. The molecule has 0 atom stereocenters. The number of aryl methyl sites for hydroxylation is 1. The van der Waals surface area contributed by atoms with Gasteiger partial charge in [-0.15, -0.1) is 0 Å². The first-order valence-electron chi connectivity index (χ1n) is 8.14. The molecular formula is C19H18N2O3. The molecule has 2 aliphatic rings. The van der Waals surface area contributed by atoms with Gasteiger partial charge in [0, 0.05) is 17.6 Å². The van der Waals surface area contributed by atoms with Crippen molar-refractivity contribution in [1.82, 2.24) is 4.98 Å². The van der Waals surface area contributed by atoms with Crippen molar-refractivity contribution in [2.75, 3.05) is 11.4 Å². The molecule has 24 heavy (non-hydrogen) atoms. The fourth-order valence-electron chi connectivity index (χ4n) is 3.89. The molecule has 1 spiro atoms. The zero-order chi connectivity index (χ0) is 16.9. The molecule has 1 aliphatic carbocycles. The SMILES string of the molecule is Cc1nc(C(=O)N2CC3(CCC3)c3ccccc32)ccc1C(=O)O. The lowest BCUT2D eigenvalue weighted by atomic mass is 9.66. The number of carbonyl (C=O) groups excluding carboxylic acids is 1. The lowest BCUT2D eigenvalue weighted by molar-refractivity contribution is 0.0695. The molecule has 0 unspecified atom stereocenters. The molecule has 1 amide bonds. The highest BCUT2D eigenvalue weighted by Crippen LogP contribution is 2.52. The number of aromatic nitrogens is 1. The molecule has 2 aromatic rings. The van der Waals surface area contributed by atoms with Gasteiger partial charge in [-0.2, -0.15) is 0 Å². The van der Waals surface area contributed by atoms with E-state index in [9.17, 15) is 9.59 Å². The Morgan fingerprint density at radius 1 is 1.17 bits per heavy atom. The zero-order valence-corrected chi connectivity index (χ0v) is 13.5. The number of benzene rings is 1. The number of aromatic carboxylic acids is 1. The number of rotatable bonds is 2. The van der Waals surface area contributed by atoms with Crippen LogP contribution in [0.15, 0.2) is 36.4 Å². The number of para-hydroxylation sites is 1. The average Bonchev–Trinajstić information content (AvgIpc) is 2.89. The summed E-state index contributed by atoms with van der Waals surface area (Å²) in [4.78, 5) is 30.1. The minimum absolute atomic E-state index is 0.0995. The number of hydrogen-bond acceptors (Lipinski definition) is 3. The second kappa shape index (κ2) is 5.16. The van der Waals surface area contributed by atoms with E-state index >= 15 is 0 Å². The first kappa shape index (κ1) is 14.9. The minimum Gasteiger partial charge on any atom is -0.478 e. The Hall–Kier alpha value is -2.69. The molecular weight excluding hydrogens is 304 g/mol. The maximum atomic E-state index is 13.0. The van der Waals surface area contributed by atoms with Gasteiger partial charge in [0.05, 0.1) is 11.3 Å². The van der Waals surface area contributed by atoms with Gasteiger partial charge in [-0.1, -0.05) is 24.6 Å². The third-order valence-corrected chi connectivity index (χ3v) is 5.32. The van der Waals surface area contributed by atoms with Gasteiger partial charge in [0.1, 0.15) is 5.69 Å². The van der Waals surface area contributed by atoms with Crippen molar-refractivity contribution in [3.63, 3.8) is 0 Å². The van der Waals surface area contributed by atoms with E-state index in [1.165, 1.54) is 24.1 Å². The number of carboxylic acid groups (broad SMARTS) is 1. The Morgan fingerprint density at radius 2 is 1.92 bits per heavy atom. The van der Waals surface area contributed by atoms with Crippen LogP contribution < -0.4 is 4.90 Å². The summed E-state index contributed by atoms with van der Waals surface area (Å²) in [5, 5.41) is 9.11. The van der Waals surface area contributed by atoms with E-state index < -0.39 is 5.97 Å². The fraction of sp³-hybridized carbons (Fsp3) is 0.316. The van der Waals surface area contributed by atoms with Crippen LogP contribution in [0.4, 0.5) is 5.69 Å². The zero-order valence-electron chi connectivity index (χ0n) is 13.5. The molecule has 0 saturated heterocycles. The smallest absolute Gasteiger partial charge is 0.337 e.